The van der Waals surface area contributed by atoms with E-state index < -0.39 is 94.6 Å². The Bertz CT molecular complexity index is 1510. The number of ketones is 1. The maximum atomic E-state index is 14.2. The minimum Gasteiger partial charge on any atom is -0.458 e. The summed E-state index contributed by atoms with van der Waals surface area (Å²) in [6, 6.07) is 7.78. The second kappa shape index (κ2) is 14.0. The Balaban J connectivity index is 2.43. The first-order valence-electron chi connectivity index (χ1n) is 15.4. The van der Waals surface area contributed by atoms with Gasteiger partial charge in [0, 0.05) is 51.0 Å². The lowest BCUT2D eigenvalue weighted by Gasteiger charge is -2.43. The molecule has 3 rings (SSSR count). The fourth-order valence-corrected chi connectivity index (χ4v) is 6.37. The monoisotopic (exact) mass is 672 g/mol. The molecule has 8 atom stereocenters. The second-order valence-corrected chi connectivity index (χ2v) is 13.4. The molecule has 0 amide bonds. The highest BCUT2D eigenvalue weighted by Gasteiger charge is 2.64. The summed E-state index contributed by atoms with van der Waals surface area (Å²) in [4.78, 5) is 77.5. The first-order chi connectivity index (χ1) is 22.0. The van der Waals surface area contributed by atoms with Crippen molar-refractivity contribution in [1.29, 1.82) is 0 Å². The summed E-state index contributed by atoms with van der Waals surface area (Å²) >= 11 is 0. The lowest BCUT2D eigenvalue weighted by atomic mass is 9.75. The van der Waals surface area contributed by atoms with Gasteiger partial charge in [-0.1, -0.05) is 51.1 Å². The second-order valence-electron chi connectivity index (χ2n) is 13.4. The van der Waals surface area contributed by atoms with Crippen LogP contribution in [0.25, 0.3) is 0 Å². The third-order valence-electron chi connectivity index (χ3n) is 8.41. The molecule has 0 aromatic heterocycles. The van der Waals surface area contributed by atoms with E-state index in [1.807, 2.05) is 0 Å². The van der Waals surface area contributed by atoms with E-state index in [2.05, 4.69) is 0 Å². The van der Waals surface area contributed by atoms with E-state index in [9.17, 15) is 39.0 Å². The molecular formula is C35H44O13. The van der Waals surface area contributed by atoms with Gasteiger partial charge in [0.15, 0.2) is 41.4 Å². The lowest BCUT2D eigenvalue weighted by Crippen LogP contribution is -2.59. The van der Waals surface area contributed by atoms with Gasteiger partial charge in [0.05, 0.1) is 5.56 Å². The summed E-state index contributed by atoms with van der Waals surface area (Å²) in [6.45, 7) is 11.6. The van der Waals surface area contributed by atoms with Gasteiger partial charge in [-0.05, 0) is 32.1 Å². The van der Waals surface area contributed by atoms with Crippen LogP contribution < -0.4 is 0 Å². The number of carbonyl (C=O) groups excluding carboxylic acids is 6. The summed E-state index contributed by atoms with van der Waals surface area (Å²) in [5.74, 6) is -6.17. The maximum absolute atomic E-state index is 14.2. The number of benzene rings is 1. The van der Waals surface area contributed by atoms with Gasteiger partial charge in [0.25, 0.3) is 0 Å². The number of rotatable bonds is 6. The Kier molecular flexibility index (Phi) is 11.1. The van der Waals surface area contributed by atoms with Crippen LogP contribution in [0.5, 0.6) is 0 Å². The van der Waals surface area contributed by atoms with Crippen molar-refractivity contribution in [3.05, 3.63) is 59.7 Å². The molecule has 1 aromatic carbocycles. The van der Waals surface area contributed by atoms with Crippen molar-refractivity contribution in [2.45, 2.75) is 110 Å². The molecule has 262 valence electrons. The Morgan fingerprint density at radius 2 is 1.31 bits per heavy atom. The molecule has 2 aliphatic carbocycles. The zero-order chi connectivity index (χ0) is 36.4. The number of hydrogen-bond acceptors (Lipinski definition) is 13. The summed E-state index contributed by atoms with van der Waals surface area (Å²) in [5, 5.41) is 24.6. The Hall–Kier alpha value is -4.36. The molecule has 0 spiro atoms. The maximum Gasteiger partial charge on any atom is 0.338 e. The quantitative estimate of drug-likeness (QED) is 0.255. The van der Waals surface area contributed by atoms with Gasteiger partial charge in [0.1, 0.15) is 5.60 Å². The average molecular weight is 673 g/mol. The van der Waals surface area contributed by atoms with Crippen LogP contribution in [-0.2, 0) is 47.7 Å². The minimum absolute atomic E-state index is 0.0976. The highest BCUT2D eigenvalue weighted by atomic mass is 16.6. The number of ether oxygens (including phenoxy) is 5. The molecule has 1 unspecified atom stereocenters. The molecule has 0 heterocycles. The molecule has 0 radical (unpaired) electrons. The first-order valence-corrected chi connectivity index (χ1v) is 15.4. The van der Waals surface area contributed by atoms with Crippen LogP contribution in [0.3, 0.4) is 0 Å². The fraction of sp³-hybridized carbons (Fsp3) is 0.543. The van der Waals surface area contributed by atoms with Gasteiger partial charge in [-0.2, -0.15) is 0 Å². The van der Waals surface area contributed by atoms with E-state index in [0.717, 1.165) is 40.7 Å². The van der Waals surface area contributed by atoms with Crippen LogP contribution >= 0.6 is 0 Å². The summed E-state index contributed by atoms with van der Waals surface area (Å²) in [5.41, 5.74) is -8.34. The van der Waals surface area contributed by atoms with E-state index >= 15 is 0 Å². The summed E-state index contributed by atoms with van der Waals surface area (Å²) in [6.07, 6.45) is -3.21. The summed E-state index contributed by atoms with van der Waals surface area (Å²) in [7, 11) is 0. The zero-order valence-corrected chi connectivity index (χ0v) is 28.6. The van der Waals surface area contributed by atoms with Crippen molar-refractivity contribution in [2.24, 2.45) is 11.3 Å². The Labute approximate surface area is 279 Å². The van der Waals surface area contributed by atoms with Crippen molar-refractivity contribution in [3.63, 3.8) is 0 Å². The van der Waals surface area contributed by atoms with Gasteiger partial charge in [-0.3, -0.25) is 24.0 Å². The van der Waals surface area contributed by atoms with Crippen molar-refractivity contribution in [1.82, 2.24) is 0 Å². The summed E-state index contributed by atoms with van der Waals surface area (Å²) < 4.78 is 28.3. The molecular weight excluding hydrogens is 628 g/mol. The van der Waals surface area contributed by atoms with Crippen LogP contribution in [0.4, 0.5) is 0 Å². The molecule has 2 aliphatic rings. The normalized spacial score (nSPS) is 33.1. The van der Waals surface area contributed by atoms with Gasteiger partial charge in [-0.25, -0.2) is 4.79 Å². The lowest BCUT2D eigenvalue weighted by molar-refractivity contribution is -0.207. The van der Waals surface area contributed by atoms with Gasteiger partial charge in [-0.15, -0.1) is 0 Å². The van der Waals surface area contributed by atoms with E-state index in [4.69, 9.17) is 23.7 Å². The Morgan fingerprint density at radius 3 is 1.83 bits per heavy atom. The number of carbonyl (C=O) groups is 6. The van der Waals surface area contributed by atoms with Crippen molar-refractivity contribution < 1.29 is 62.7 Å². The molecule has 13 heteroatoms. The van der Waals surface area contributed by atoms with Crippen LogP contribution in [0, 0.1) is 11.3 Å². The zero-order valence-electron chi connectivity index (χ0n) is 28.6. The fourth-order valence-electron chi connectivity index (χ4n) is 6.37. The van der Waals surface area contributed by atoms with Crippen LogP contribution in [-0.4, -0.2) is 87.1 Å². The van der Waals surface area contributed by atoms with Crippen LogP contribution in [0.2, 0.25) is 0 Å². The van der Waals surface area contributed by atoms with Gasteiger partial charge >= 0.3 is 29.8 Å². The highest BCUT2D eigenvalue weighted by Crippen LogP contribution is 2.50. The number of esters is 5. The number of allylic oxidation sites excluding steroid dienone is 1. The molecule has 0 aliphatic heterocycles. The van der Waals surface area contributed by atoms with Crippen molar-refractivity contribution >= 4 is 35.6 Å². The number of Topliss-reactive ketones (excluding diaryl/α,β-unsaturated/α-hetero) is 1. The minimum atomic E-state index is -2.52. The third kappa shape index (κ3) is 8.19. The largest absolute Gasteiger partial charge is 0.458 e. The molecule has 0 saturated heterocycles. The number of hydrogen-bond donors (Lipinski definition) is 2. The molecule has 2 N–H and O–H groups in total. The SMILES string of the molecule is CC(=O)OC1[C@H](OC(C)=O)C(C)(C)C=C[C@@H](C)C(=O)[C@]2(O)C[C@](C)(OC(C)=O)[C@@H](OC(=O)c3ccccc3)C2=C[C@](C)(O)[C@H]1OC(C)=O. The predicted octanol–water partition coefficient (Wildman–Crippen LogP) is 2.94. The van der Waals surface area contributed by atoms with E-state index in [-0.39, 0.29) is 11.1 Å². The van der Waals surface area contributed by atoms with E-state index in [1.165, 1.54) is 38.1 Å². The highest BCUT2D eigenvalue weighted by molar-refractivity contribution is 5.95. The molecule has 13 nitrogen and oxygen atoms in total. The number of aliphatic hydroxyl groups is 2. The standard InChI is InChI=1S/C35H44O13/c1-19-15-16-32(6,7)29(45-21(3)37)26(44-20(2)36)30(46-22(4)38)33(8,42)17-25-28(47-31(41)24-13-11-10-12-14-24)34(9,48-23(5)39)18-35(25,43)27(19)40/h10-17,19,26,28-30,42-43H,18H2,1-9H3/t19-,26?,28+,29+,30+,33+,34+,35+/m1/s1. The Morgan fingerprint density at radius 1 is 0.771 bits per heavy atom. The van der Waals surface area contributed by atoms with E-state index in [0.29, 0.717) is 0 Å². The third-order valence-corrected chi connectivity index (χ3v) is 8.41. The van der Waals surface area contributed by atoms with E-state index in [1.54, 1.807) is 32.0 Å². The molecule has 1 fully saturated rings. The van der Waals surface area contributed by atoms with Crippen molar-refractivity contribution in [3.8, 4) is 0 Å². The van der Waals surface area contributed by atoms with Gasteiger partial charge in [0.2, 0.25) is 0 Å². The number of fused-ring (bicyclic) bond motifs is 1. The molecule has 1 saturated carbocycles. The van der Waals surface area contributed by atoms with Crippen molar-refractivity contribution in [2.75, 3.05) is 0 Å². The van der Waals surface area contributed by atoms with Gasteiger partial charge < -0.3 is 33.9 Å². The molecule has 0 bridgehead atoms. The average Bonchev–Trinajstić information content (AvgIpc) is 3.16. The smallest absolute Gasteiger partial charge is 0.338 e. The topological polar surface area (TPSA) is 189 Å². The van der Waals surface area contributed by atoms with Crippen LogP contribution in [0.1, 0.15) is 79.1 Å². The van der Waals surface area contributed by atoms with Crippen LogP contribution in [0.15, 0.2) is 54.1 Å². The molecule has 48 heavy (non-hydrogen) atoms. The first kappa shape index (κ1) is 38.1. The predicted molar refractivity (Wildman–Crippen MR) is 168 cm³/mol. The molecule has 1 aromatic rings.